The van der Waals surface area contributed by atoms with Crippen molar-refractivity contribution < 1.29 is 13.9 Å². The summed E-state index contributed by atoms with van der Waals surface area (Å²) in [7, 11) is 0. The third kappa shape index (κ3) is 3.59. The first kappa shape index (κ1) is 16.5. The van der Waals surface area contributed by atoms with E-state index in [1.54, 1.807) is 24.0 Å². The average molecular weight is 333 g/mol. The quantitative estimate of drug-likeness (QED) is 0.839. The van der Waals surface area contributed by atoms with Gasteiger partial charge in [0.05, 0.1) is 12.7 Å². The summed E-state index contributed by atoms with van der Waals surface area (Å²) in [6, 6.07) is 5.64. The number of benzene rings is 1. The molecule has 0 N–H and O–H groups in total. The van der Waals surface area contributed by atoms with Gasteiger partial charge in [0.15, 0.2) is 0 Å². The second kappa shape index (κ2) is 7.04. The Bertz CT molecular complexity index is 720. The SMILES string of the molecule is Cc1nnnn1[C@@H](Cc1cccc(F)c1)C(=O)N1CCO[C@@H](C)C1. The second-order valence-electron chi connectivity index (χ2n) is 5.99. The number of aromatic nitrogens is 4. The zero-order chi connectivity index (χ0) is 17.1. The molecule has 0 spiro atoms. The lowest BCUT2D eigenvalue weighted by molar-refractivity contribution is -0.142. The van der Waals surface area contributed by atoms with Crippen LogP contribution in [0.15, 0.2) is 24.3 Å². The van der Waals surface area contributed by atoms with Crippen molar-refractivity contribution in [3.63, 3.8) is 0 Å². The van der Waals surface area contributed by atoms with E-state index in [0.717, 1.165) is 5.56 Å². The molecule has 1 saturated heterocycles. The summed E-state index contributed by atoms with van der Waals surface area (Å²) >= 11 is 0. The Balaban J connectivity index is 1.87. The molecule has 1 amide bonds. The highest BCUT2D eigenvalue weighted by Gasteiger charge is 2.31. The Morgan fingerprint density at radius 1 is 1.50 bits per heavy atom. The van der Waals surface area contributed by atoms with E-state index in [9.17, 15) is 9.18 Å². The zero-order valence-corrected chi connectivity index (χ0v) is 13.7. The molecule has 0 unspecified atom stereocenters. The van der Waals surface area contributed by atoms with Gasteiger partial charge in [-0.3, -0.25) is 4.79 Å². The summed E-state index contributed by atoms with van der Waals surface area (Å²) in [4.78, 5) is 14.8. The summed E-state index contributed by atoms with van der Waals surface area (Å²) in [5.74, 6) is 0.142. The molecule has 1 aromatic carbocycles. The number of carbonyl (C=O) groups is 1. The van der Waals surface area contributed by atoms with Crippen LogP contribution in [0.4, 0.5) is 4.39 Å². The van der Waals surface area contributed by atoms with Gasteiger partial charge in [0.25, 0.3) is 0 Å². The standard InChI is InChI=1S/C16H20FN5O2/c1-11-10-21(6-7-24-11)16(23)15(22-12(2)18-19-20-22)9-13-4-3-5-14(17)8-13/h3-5,8,11,15H,6-7,9-10H2,1-2H3/t11-,15-/m0/s1. The van der Waals surface area contributed by atoms with Crippen molar-refractivity contribution in [2.45, 2.75) is 32.4 Å². The summed E-state index contributed by atoms with van der Waals surface area (Å²) in [6.07, 6.45) is 0.321. The molecule has 1 aliphatic rings. The minimum absolute atomic E-state index is 0.00696. The van der Waals surface area contributed by atoms with Crippen LogP contribution in [0.1, 0.15) is 24.4 Å². The third-order valence-electron chi connectivity index (χ3n) is 4.11. The third-order valence-corrected chi connectivity index (χ3v) is 4.11. The van der Waals surface area contributed by atoms with Crippen molar-refractivity contribution in [3.8, 4) is 0 Å². The molecule has 0 aliphatic carbocycles. The molecule has 0 bridgehead atoms. The fourth-order valence-corrected chi connectivity index (χ4v) is 2.92. The van der Waals surface area contributed by atoms with Gasteiger partial charge < -0.3 is 9.64 Å². The van der Waals surface area contributed by atoms with E-state index < -0.39 is 6.04 Å². The maximum absolute atomic E-state index is 13.5. The number of hydrogen-bond donors (Lipinski definition) is 0. The molecule has 2 heterocycles. The number of amides is 1. The topological polar surface area (TPSA) is 73.1 Å². The molecule has 24 heavy (non-hydrogen) atoms. The van der Waals surface area contributed by atoms with Crippen LogP contribution in [0.25, 0.3) is 0 Å². The predicted octanol–water partition coefficient (Wildman–Crippen LogP) is 1.15. The van der Waals surface area contributed by atoms with Crippen molar-refractivity contribution in [2.75, 3.05) is 19.7 Å². The minimum atomic E-state index is -0.605. The molecule has 3 rings (SSSR count). The van der Waals surface area contributed by atoms with Crippen LogP contribution in [0.2, 0.25) is 0 Å². The zero-order valence-electron chi connectivity index (χ0n) is 13.7. The van der Waals surface area contributed by atoms with Crippen molar-refractivity contribution in [1.82, 2.24) is 25.1 Å². The van der Waals surface area contributed by atoms with Crippen LogP contribution in [0.5, 0.6) is 0 Å². The van der Waals surface area contributed by atoms with Crippen molar-refractivity contribution in [3.05, 3.63) is 41.5 Å². The molecular weight excluding hydrogens is 313 g/mol. The van der Waals surface area contributed by atoms with Gasteiger partial charge in [0.1, 0.15) is 17.7 Å². The fourth-order valence-electron chi connectivity index (χ4n) is 2.92. The van der Waals surface area contributed by atoms with Crippen LogP contribution >= 0.6 is 0 Å². The second-order valence-corrected chi connectivity index (χ2v) is 5.99. The monoisotopic (exact) mass is 333 g/mol. The normalized spacial score (nSPS) is 19.3. The Hall–Kier alpha value is -2.35. The fraction of sp³-hybridized carbons (Fsp3) is 0.500. The van der Waals surface area contributed by atoms with E-state index >= 15 is 0 Å². The van der Waals surface area contributed by atoms with Gasteiger partial charge in [-0.25, -0.2) is 9.07 Å². The molecule has 0 saturated carbocycles. The number of halogens is 1. The van der Waals surface area contributed by atoms with Crippen molar-refractivity contribution in [1.29, 1.82) is 0 Å². The van der Waals surface area contributed by atoms with Crippen LogP contribution in [-0.4, -0.2) is 56.8 Å². The van der Waals surface area contributed by atoms with E-state index in [4.69, 9.17) is 4.74 Å². The summed E-state index contributed by atoms with van der Waals surface area (Å²) in [6.45, 7) is 5.24. The Labute approximate surface area is 139 Å². The number of aryl methyl sites for hydroxylation is 1. The summed E-state index contributed by atoms with van der Waals surface area (Å²) in [5, 5.41) is 11.5. The minimum Gasteiger partial charge on any atom is -0.375 e. The van der Waals surface area contributed by atoms with Gasteiger partial charge in [0.2, 0.25) is 5.91 Å². The smallest absolute Gasteiger partial charge is 0.248 e. The predicted molar refractivity (Wildman–Crippen MR) is 83.7 cm³/mol. The molecule has 0 radical (unpaired) electrons. The Morgan fingerprint density at radius 3 is 3.00 bits per heavy atom. The number of rotatable bonds is 4. The van der Waals surface area contributed by atoms with Crippen LogP contribution in [0, 0.1) is 12.7 Å². The molecule has 1 fully saturated rings. The molecule has 7 nitrogen and oxygen atoms in total. The van der Waals surface area contributed by atoms with Crippen LogP contribution in [0.3, 0.4) is 0 Å². The largest absolute Gasteiger partial charge is 0.375 e. The molecule has 8 heteroatoms. The highest BCUT2D eigenvalue weighted by atomic mass is 19.1. The first-order chi connectivity index (χ1) is 11.5. The highest BCUT2D eigenvalue weighted by molar-refractivity contribution is 5.81. The number of morpholine rings is 1. The van der Waals surface area contributed by atoms with Crippen LogP contribution in [-0.2, 0) is 16.0 Å². The van der Waals surface area contributed by atoms with E-state index in [1.165, 1.54) is 16.8 Å². The molecule has 1 aromatic heterocycles. The van der Waals surface area contributed by atoms with E-state index in [0.29, 0.717) is 31.9 Å². The lowest BCUT2D eigenvalue weighted by Crippen LogP contribution is -2.48. The van der Waals surface area contributed by atoms with Crippen molar-refractivity contribution in [2.24, 2.45) is 0 Å². The van der Waals surface area contributed by atoms with Gasteiger partial charge in [-0.1, -0.05) is 12.1 Å². The Kier molecular flexibility index (Phi) is 4.84. The molecule has 2 atom stereocenters. The van der Waals surface area contributed by atoms with E-state index in [1.807, 2.05) is 6.92 Å². The molecule has 128 valence electrons. The summed E-state index contributed by atoms with van der Waals surface area (Å²) < 4.78 is 20.5. The van der Waals surface area contributed by atoms with Gasteiger partial charge in [0, 0.05) is 19.5 Å². The maximum atomic E-state index is 13.5. The van der Waals surface area contributed by atoms with Crippen LogP contribution < -0.4 is 0 Å². The maximum Gasteiger partial charge on any atom is 0.248 e. The Morgan fingerprint density at radius 2 is 2.33 bits per heavy atom. The molecule has 2 aromatic rings. The van der Waals surface area contributed by atoms with Gasteiger partial charge in [-0.2, -0.15) is 0 Å². The van der Waals surface area contributed by atoms with Gasteiger partial charge in [-0.15, -0.1) is 5.10 Å². The average Bonchev–Trinajstić information content (AvgIpc) is 2.98. The van der Waals surface area contributed by atoms with Crippen molar-refractivity contribution >= 4 is 5.91 Å². The molecular formula is C16H20FN5O2. The first-order valence-corrected chi connectivity index (χ1v) is 7.94. The number of hydrogen-bond acceptors (Lipinski definition) is 5. The van der Waals surface area contributed by atoms with E-state index in [-0.39, 0.29) is 17.8 Å². The summed E-state index contributed by atoms with van der Waals surface area (Å²) in [5.41, 5.74) is 0.726. The number of carbonyl (C=O) groups excluding carboxylic acids is 1. The number of tetrazole rings is 1. The lowest BCUT2D eigenvalue weighted by atomic mass is 10.0. The molecule has 1 aliphatic heterocycles. The highest BCUT2D eigenvalue weighted by Crippen LogP contribution is 2.20. The first-order valence-electron chi connectivity index (χ1n) is 7.94. The van der Waals surface area contributed by atoms with Gasteiger partial charge >= 0.3 is 0 Å². The number of ether oxygens (including phenoxy) is 1. The van der Waals surface area contributed by atoms with Gasteiger partial charge in [-0.05, 0) is 42.0 Å². The van der Waals surface area contributed by atoms with E-state index in [2.05, 4.69) is 15.5 Å². The lowest BCUT2D eigenvalue weighted by Gasteiger charge is -2.33. The number of nitrogens with zero attached hydrogens (tertiary/aromatic N) is 5.